The highest BCUT2D eigenvalue weighted by Crippen LogP contribution is 2.31. The lowest BCUT2D eigenvalue weighted by molar-refractivity contribution is 0.101. The third-order valence-electron chi connectivity index (χ3n) is 4.81. The van der Waals surface area contributed by atoms with Crippen LogP contribution in [0.2, 0.25) is 0 Å². The summed E-state index contributed by atoms with van der Waals surface area (Å²) in [4.78, 5) is 37.5. The van der Waals surface area contributed by atoms with Gasteiger partial charge < -0.3 is 15.0 Å². The molecule has 0 aliphatic rings. The minimum Gasteiger partial charge on any atom is -0.505 e. The molecule has 0 saturated carbocycles. The Morgan fingerprint density at radius 2 is 1.73 bits per heavy atom. The number of anilines is 1. The molecule has 0 radical (unpaired) electrons. The zero-order valence-corrected chi connectivity index (χ0v) is 16.9. The Balaban J connectivity index is 1.75. The molecule has 6 nitrogen and oxygen atoms in total. The van der Waals surface area contributed by atoms with Gasteiger partial charge in [-0.05, 0) is 48.2 Å². The van der Waals surface area contributed by atoms with Crippen LogP contribution >= 0.6 is 11.3 Å². The largest absolute Gasteiger partial charge is 0.505 e. The van der Waals surface area contributed by atoms with E-state index in [4.69, 9.17) is 0 Å². The van der Waals surface area contributed by atoms with Crippen molar-refractivity contribution in [3.8, 4) is 5.75 Å². The van der Waals surface area contributed by atoms with Crippen molar-refractivity contribution < 1.29 is 14.7 Å². The van der Waals surface area contributed by atoms with Crippen LogP contribution in [0.5, 0.6) is 5.75 Å². The fourth-order valence-corrected chi connectivity index (χ4v) is 4.11. The average molecular weight is 418 g/mol. The van der Waals surface area contributed by atoms with Gasteiger partial charge in [0.25, 0.3) is 11.5 Å². The number of hydrogen-bond donors (Lipinski definition) is 2. The van der Waals surface area contributed by atoms with Crippen LogP contribution in [0.1, 0.15) is 33.2 Å². The van der Waals surface area contributed by atoms with Crippen molar-refractivity contribution in [1.29, 1.82) is 0 Å². The fourth-order valence-electron chi connectivity index (χ4n) is 3.26. The first-order valence-electron chi connectivity index (χ1n) is 9.25. The molecule has 2 heterocycles. The summed E-state index contributed by atoms with van der Waals surface area (Å²) < 4.78 is 1.97. The van der Waals surface area contributed by atoms with Gasteiger partial charge in [0.2, 0.25) is 0 Å². The van der Waals surface area contributed by atoms with Crippen molar-refractivity contribution in [2.75, 3.05) is 5.32 Å². The molecule has 4 rings (SSSR count). The van der Waals surface area contributed by atoms with E-state index in [1.54, 1.807) is 35.7 Å². The summed E-state index contributed by atoms with van der Waals surface area (Å²) in [5.74, 6) is -1.12. The van der Waals surface area contributed by atoms with E-state index in [9.17, 15) is 19.5 Å². The number of amides is 1. The molecular weight excluding hydrogens is 400 g/mol. The van der Waals surface area contributed by atoms with Crippen molar-refractivity contribution >= 4 is 38.9 Å². The number of carbonyl (C=O) groups excluding carboxylic acids is 2. The number of Topliss-reactive ketones (excluding diaryl/α,β-unsaturated/α-hetero) is 1. The summed E-state index contributed by atoms with van der Waals surface area (Å²) in [6.07, 6.45) is 0. The maximum Gasteiger partial charge on any atom is 0.268 e. The smallest absolute Gasteiger partial charge is 0.268 e. The van der Waals surface area contributed by atoms with E-state index < -0.39 is 11.5 Å². The monoisotopic (exact) mass is 418 g/mol. The molecule has 0 atom stereocenters. The number of rotatable bonds is 5. The molecular formula is C23H18N2O4S. The van der Waals surface area contributed by atoms with Crippen LogP contribution in [0.15, 0.2) is 70.8 Å². The second kappa shape index (κ2) is 7.96. The van der Waals surface area contributed by atoms with E-state index in [0.29, 0.717) is 21.5 Å². The van der Waals surface area contributed by atoms with Crippen LogP contribution < -0.4 is 10.9 Å². The maximum absolute atomic E-state index is 13.2. The highest BCUT2D eigenvalue weighted by atomic mass is 32.1. The first-order chi connectivity index (χ1) is 14.5. The Morgan fingerprint density at radius 3 is 2.40 bits per heavy atom. The summed E-state index contributed by atoms with van der Waals surface area (Å²) in [6.45, 7) is 1.73. The number of hydrogen-bond acceptors (Lipinski definition) is 5. The number of benzene rings is 2. The third-order valence-corrected chi connectivity index (χ3v) is 5.72. The van der Waals surface area contributed by atoms with Gasteiger partial charge >= 0.3 is 0 Å². The molecule has 0 saturated heterocycles. The Bertz CT molecular complexity index is 1310. The lowest BCUT2D eigenvalue weighted by atomic mass is 10.1. The topological polar surface area (TPSA) is 88.4 Å². The van der Waals surface area contributed by atoms with Crippen LogP contribution in [0.25, 0.3) is 10.2 Å². The lowest BCUT2D eigenvalue weighted by Gasteiger charge is -2.13. The van der Waals surface area contributed by atoms with E-state index >= 15 is 0 Å². The molecule has 0 spiro atoms. The number of thiophene rings is 1. The predicted molar refractivity (Wildman–Crippen MR) is 118 cm³/mol. The minimum absolute atomic E-state index is 0.0857. The molecule has 2 N–H and O–H groups in total. The molecule has 30 heavy (non-hydrogen) atoms. The van der Waals surface area contributed by atoms with E-state index in [2.05, 4.69) is 5.32 Å². The zero-order valence-electron chi connectivity index (χ0n) is 16.1. The number of carbonyl (C=O) groups is 2. The number of aromatic hydroxyl groups is 1. The average Bonchev–Trinajstić information content (AvgIpc) is 3.22. The second-order valence-corrected chi connectivity index (χ2v) is 7.74. The predicted octanol–water partition coefficient (Wildman–Crippen LogP) is 4.27. The molecule has 7 heteroatoms. The number of nitrogens with one attached hydrogen (secondary N) is 1. The number of aromatic nitrogens is 1. The van der Waals surface area contributed by atoms with Crippen LogP contribution in [-0.2, 0) is 6.54 Å². The molecule has 0 unspecified atom stereocenters. The summed E-state index contributed by atoms with van der Waals surface area (Å²) >= 11 is 1.26. The summed E-state index contributed by atoms with van der Waals surface area (Å²) in [5, 5.41) is 15.1. The third kappa shape index (κ3) is 3.62. The van der Waals surface area contributed by atoms with Gasteiger partial charge in [-0.3, -0.25) is 14.4 Å². The second-order valence-electron chi connectivity index (χ2n) is 6.82. The van der Waals surface area contributed by atoms with Gasteiger partial charge in [0, 0.05) is 11.3 Å². The Morgan fingerprint density at radius 1 is 1.03 bits per heavy atom. The van der Waals surface area contributed by atoms with Crippen LogP contribution in [0, 0.1) is 0 Å². The van der Waals surface area contributed by atoms with Crippen molar-refractivity contribution in [2.24, 2.45) is 0 Å². The highest BCUT2D eigenvalue weighted by molar-refractivity contribution is 7.17. The summed E-state index contributed by atoms with van der Waals surface area (Å²) in [6, 6.07) is 17.5. The van der Waals surface area contributed by atoms with Gasteiger partial charge in [0.1, 0.15) is 5.56 Å². The fraction of sp³-hybridized carbons (Fsp3) is 0.0870. The van der Waals surface area contributed by atoms with Gasteiger partial charge in [0.05, 0.1) is 16.8 Å². The van der Waals surface area contributed by atoms with Crippen molar-refractivity contribution in [3.05, 3.63) is 93.1 Å². The van der Waals surface area contributed by atoms with Crippen molar-refractivity contribution in [3.63, 3.8) is 0 Å². The SMILES string of the molecule is CC(=O)c1ccc(NC(=O)c2c(O)c3sccc3n(Cc3ccccc3)c2=O)cc1. The Labute approximate surface area is 176 Å². The van der Waals surface area contributed by atoms with E-state index in [1.165, 1.54) is 22.8 Å². The van der Waals surface area contributed by atoms with E-state index in [-0.39, 0.29) is 23.6 Å². The molecule has 2 aromatic carbocycles. The molecule has 150 valence electrons. The Hall–Kier alpha value is -3.71. The molecule has 0 aliphatic carbocycles. The molecule has 0 aliphatic heterocycles. The van der Waals surface area contributed by atoms with Gasteiger partial charge in [-0.25, -0.2) is 0 Å². The maximum atomic E-state index is 13.2. The van der Waals surface area contributed by atoms with Crippen molar-refractivity contribution in [1.82, 2.24) is 4.57 Å². The number of fused-ring (bicyclic) bond motifs is 1. The van der Waals surface area contributed by atoms with Gasteiger partial charge in [-0.15, -0.1) is 11.3 Å². The molecule has 2 aromatic heterocycles. The Kier molecular flexibility index (Phi) is 5.20. The lowest BCUT2D eigenvalue weighted by Crippen LogP contribution is -2.29. The molecule has 1 amide bonds. The number of nitrogens with zero attached hydrogens (tertiary/aromatic N) is 1. The first kappa shape index (κ1) is 19.6. The highest BCUT2D eigenvalue weighted by Gasteiger charge is 2.23. The number of ketones is 1. The normalized spacial score (nSPS) is 10.8. The molecule has 4 aromatic rings. The van der Waals surface area contributed by atoms with Gasteiger partial charge in [-0.1, -0.05) is 30.3 Å². The molecule has 0 bridgehead atoms. The zero-order chi connectivity index (χ0) is 21.3. The van der Waals surface area contributed by atoms with Crippen LogP contribution in [-0.4, -0.2) is 21.4 Å². The van der Waals surface area contributed by atoms with Gasteiger partial charge in [0.15, 0.2) is 11.5 Å². The van der Waals surface area contributed by atoms with Crippen LogP contribution in [0.4, 0.5) is 5.69 Å². The summed E-state index contributed by atoms with van der Waals surface area (Å²) in [5.41, 5.74) is 1.54. The summed E-state index contributed by atoms with van der Waals surface area (Å²) in [7, 11) is 0. The molecule has 0 fully saturated rings. The standard InChI is InChI=1S/C23H18N2O4S/c1-14(26)16-7-9-17(10-8-16)24-22(28)19-20(27)21-18(11-12-30-21)25(23(19)29)13-15-5-3-2-4-6-15/h2-12,27H,13H2,1H3,(H,24,28). The minimum atomic E-state index is -0.704. The first-order valence-corrected chi connectivity index (χ1v) is 10.1. The van der Waals surface area contributed by atoms with Gasteiger partial charge in [-0.2, -0.15) is 0 Å². The number of pyridine rings is 1. The van der Waals surface area contributed by atoms with Crippen LogP contribution in [0.3, 0.4) is 0 Å². The van der Waals surface area contributed by atoms with E-state index in [0.717, 1.165) is 5.56 Å². The quantitative estimate of drug-likeness (QED) is 0.474. The van der Waals surface area contributed by atoms with Crippen molar-refractivity contribution in [2.45, 2.75) is 13.5 Å². The van der Waals surface area contributed by atoms with E-state index in [1.807, 2.05) is 30.3 Å².